The van der Waals surface area contributed by atoms with Crippen molar-refractivity contribution in [3.05, 3.63) is 70.5 Å². The Morgan fingerprint density at radius 2 is 1.76 bits per heavy atom. The van der Waals surface area contributed by atoms with Gasteiger partial charge in [0.05, 0.1) is 6.07 Å². The van der Waals surface area contributed by atoms with Crippen LogP contribution in [-0.2, 0) is 0 Å². The number of rotatable bonds is 5. The maximum atomic E-state index is 12.4. The van der Waals surface area contributed by atoms with Gasteiger partial charge in [0, 0.05) is 32.2 Å². The number of para-hydroxylation sites is 1. The number of benzene rings is 1. The lowest BCUT2D eigenvalue weighted by molar-refractivity contribution is -0.402. The summed E-state index contributed by atoms with van der Waals surface area (Å²) in [5.41, 5.74) is 0. The lowest BCUT2D eigenvalue weighted by Gasteiger charge is -2.34. The Hall–Kier alpha value is -3.95. The second kappa shape index (κ2) is 7.97. The zero-order valence-corrected chi connectivity index (χ0v) is 15.3. The number of aromatic nitrogens is 2. The van der Waals surface area contributed by atoms with E-state index in [1.807, 2.05) is 41.3 Å². The van der Waals surface area contributed by atoms with Crippen molar-refractivity contribution in [2.45, 2.75) is 0 Å². The third kappa shape index (κ3) is 4.15. The van der Waals surface area contributed by atoms with Gasteiger partial charge in [-0.25, -0.2) is 0 Å². The largest absolute Gasteiger partial charge is 0.438 e. The fraction of sp³-hybridized carbons (Fsp3) is 0.211. The molecule has 10 nitrogen and oxygen atoms in total. The lowest BCUT2D eigenvalue weighted by Crippen LogP contribution is -2.49. The van der Waals surface area contributed by atoms with Gasteiger partial charge in [-0.1, -0.05) is 18.2 Å². The van der Waals surface area contributed by atoms with Gasteiger partial charge in [0.25, 0.3) is 5.91 Å². The minimum atomic E-state index is -0.668. The van der Waals surface area contributed by atoms with Gasteiger partial charge in [0.2, 0.25) is 5.88 Å². The first-order valence-electron chi connectivity index (χ1n) is 8.95. The SMILES string of the molecule is O=C(c1ccc([N+](=O)[O-])o1)N1CCN(c2ccc(Oc3ccccc3)nn2)CC1. The van der Waals surface area contributed by atoms with Crippen molar-refractivity contribution in [2.75, 3.05) is 31.1 Å². The predicted octanol–water partition coefficient (Wildman–Crippen LogP) is 2.73. The number of ether oxygens (including phenoxy) is 1. The number of amides is 1. The van der Waals surface area contributed by atoms with Gasteiger partial charge in [0.1, 0.15) is 10.7 Å². The number of nitro groups is 1. The summed E-state index contributed by atoms with van der Waals surface area (Å²) >= 11 is 0. The van der Waals surface area contributed by atoms with E-state index in [1.165, 1.54) is 12.1 Å². The predicted molar refractivity (Wildman–Crippen MR) is 102 cm³/mol. The molecular formula is C19H17N5O5. The molecule has 29 heavy (non-hydrogen) atoms. The Bertz CT molecular complexity index is 997. The summed E-state index contributed by atoms with van der Waals surface area (Å²) in [5, 5.41) is 19.0. The number of nitrogens with zero attached hydrogens (tertiary/aromatic N) is 5. The number of carbonyl (C=O) groups is 1. The molecule has 1 saturated heterocycles. The summed E-state index contributed by atoms with van der Waals surface area (Å²) in [6.07, 6.45) is 0. The second-order valence-electron chi connectivity index (χ2n) is 6.32. The van der Waals surface area contributed by atoms with Gasteiger partial charge in [0.15, 0.2) is 11.6 Å². The van der Waals surface area contributed by atoms with E-state index in [0.29, 0.717) is 43.6 Å². The standard InChI is InChI=1S/C19H17N5O5/c25-19(15-6-9-18(29-15)24(26)27)23-12-10-22(11-13-23)16-7-8-17(21-20-16)28-14-4-2-1-3-5-14/h1-9H,10-13H2. The van der Waals surface area contributed by atoms with Crippen LogP contribution in [0.25, 0.3) is 0 Å². The first kappa shape index (κ1) is 18.4. The van der Waals surface area contributed by atoms with Crippen LogP contribution in [0.5, 0.6) is 11.6 Å². The highest BCUT2D eigenvalue weighted by Crippen LogP contribution is 2.22. The normalized spacial score (nSPS) is 13.9. The summed E-state index contributed by atoms with van der Waals surface area (Å²) in [7, 11) is 0. The van der Waals surface area contributed by atoms with Gasteiger partial charge >= 0.3 is 5.88 Å². The zero-order valence-electron chi connectivity index (χ0n) is 15.3. The van der Waals surface area contributed by atoms with E-state index in [0.717, 1.165) is 0 Å². The molecule has 1 aliphatic heterocycles. The molecule has 0 spiro atoms. The minimum Gasteiger partial charge on any atom is -0.438 e. The first-order chi connectivity index (χ1) is 14.1. The third-order valence-electron chi connectivity index (χ3n) is 4.47. The minimum absolute atomic E-state index is 0.0349. The molecule has 3 heterocycles. The number of anilines is 1. The Labute approximate surface area is 165 Å². The van der Waals surface area contributed by atoms with Crippen LogP contribution in [0.3, 0.4) is 0 Å². The highest BCUT2D eigenvalue weighted by molar-refractivity contribution is 5.92. The fourth-order valence-corrected chi connectivity index (χ4v) is 2.98. The molecule has 0 radical (unpaired) electrons. The van der Waals surface area contributed by atoms with Crippen molar-refractivity contribution in [2.24, 2.45) is 0 Å². The Kier molecular flexibility index (Phi) is 5.06. The maximum absolute atomic E-state index is 12.4. The first-order valence-corrected chi connectivity index (χ1v) is 8.95. The van der Waals surface area contributed by atoms with Crippen LogP contribution in [0.1, 0.15) is 10.6 Å². The Morgan fingerprint density at radius 1 is 1.00 bits per heavy atom. The number of hydrogen-bond acceptors (Lipinski definition) is 8. The number of piperazine rings is 1. The number of hydrogen-bond donors (Lipinski definition) is 0. The number of carbonyl (C=O) groups excluding carboxylic acids is 1. The summed E-state index contributed by atoms with van der Waals surface area (Å²) in [6, 6.07) is 15.4. The fourth-order valence-electron chi connectivity index (χ4n) is 2.98. The molecule has 0 unspecified atom stereocenters. The van der Waals surface area contributed by atoms with Crippen LogP contribution >= 0.6 is 0 Å². The highest BCUT2D eigenvalue weighted by Gasteiger charge is 2.26. The summed E-state index contributed by atoms with van der Waals surface area (Å²) in [5.74, 6) is 0.919. The molecule has 0 N–H and O–H groups in total. The van der Waals surface area contributed by atoms with E-state index >= 15 is 0 Å². The molecule has 0 bridgehead atoms. The Balaban J connectivity index is 1.34. The third-order valence-corrected chi connectivity index (χ3v) is 4.47. The summed E-state index contributed by atoms with van der Waals surface area (Å²) in [6.45, 7) is 2.00. The maximum Gasteiger partial charge on any atom is 0.433 e. The van der Waals surface area contributed by atoms with Crippen LogP contribution in [0, 0.1) is 10.1 Å². The van der Waals surface area contributed by atoms with Crippen LogP contribution in [0.4, 0.5) is 11.7 Å². The molecule has 1 aromatic carbocycles. The van der Waals surface area contributed by atoms with Crippen molar-refractivity contribution in [1.82, 2.24) is 15.1 Å². The van der Waals surface area contributed by atoms with Crippen molar-refractivity contribution in [1.29, 1.82) is 0 Å². The zero-order chi connectivity index (χ0) is 20.2. The van der Waals surface area contributed by atoms with Gasteiger partial charge < -0.3 is 19.0 Å². The van der Waals surface area contributed by atoms with E-state index in [9.17, 15) is 14.9 Å². The topological polar surface area (TPSA) is 115 Å². The van der Waals surface area contributed by atoms with Gasteiger partial charge in [-0.05, 0) is 24.3 Å². The van der Waals surface area contributed by atoms with Crippen LogP contribution < -0.4 is 9.64 Å². The lowest BCUT2D eigenvalue weighted by atomic mass is 10.3. The van der Waals surface area contributed by atoms with Gasteiger partial charge in [-0.3, -0.25) is 14.9 Å². The molecule has 1 aliphatic rings. The molecule has 2 aromatic heterocycles. The Morgan fingerprint density at radius 3 is 2.38 bits per heavy atom. The molecule has 10 heteroatoms. The molecular weight excluding hydrogens is 378 g/mol. The molecule has 3 aromatic rings. The van der Waals surface area contributed by atoms with Crippen molar-refractivity contribution in [3.8, 4) is 11.6 Å². The molecule has 148 valence electrons. The van der Waals surface area contributed by atoms with Gasteiger partial charge in [-0.15, -0.1) is 10.2 Å². The van der Waals surface area contributed by atoms with Gasteiger partial charge in [-0.2, -0.15) is 0 Å². The number of furan rings is 1. The molecule has 1 fully saturated rings. The monoisotopic (exact) mass is 395 g/mol. The van der Waals surface area contributed by atoms with E-state index < -0.39 is 10.8 Å². The average molecular weight is 395 g/mol. The average Bonchev–Trinajstić information content (AvgIpc) is 3.25. The van der Waals surface area contributed by atoms with Crippen LogP contribution in [0.2, 0.25) is 0 Å². The van der Waals surface area contributed by atoms with E-state index in [4.69, 9.17) is 9.15 Å². The molecule has 0 atom stereocenters. The molecule has 0 aliphatic carbocycles. The molecule has 1 amide bonds. The van der Waals surface area contributed by atoms with Crippen molar-refractivity contribution >= 4 is 17.6 Å². The van der Waals surface area contributed by atoms with Crippen molar-refractivity contribution in [3.63, 3.8) is 0 Å². The van der Waals surface area contributed by atoms with E-state index in [1.54, 1.807) is 11.0 Å². The van der Waals surface area contributed by atoms with Crippen LogP contribution in [0.15, 0.2) is 59.0 Å². The summed E-state index contributed by atoms with van der Waals surface area (Å²) in [4.78, 5) is 26.1. The quantitative estimate of drug-likeness (QED) is 0.478. The van der Waals surface area contributed by atoms with Crippen LogP contribution in [-0.4, -0.2) is 52.1 Å². The van der Waals surface area contributed by atoms with E-state index in [-0.39, 0.29) is 11.7 Å². The van der Waals surface area contributed by atoms with Crippen molar-refractivity contribution < 1.29 is 18.9 Å². The molecule has 4 rings (SSSR count). The molecule has 0 saturated carbocycles. The second-order valence-corrected chi connectivity index (χ2v) is 6.32. The smallest absolute Gasteiger partial charge is 0.433 e. The van der Waals surface area contributed by atoms with E-state index in [2.05, 4.69) is 10.2 Å². The summed E-state index contributed by atoms with van der Waals surface area (Å²) < 4.78 is 10.6. The highest BCUT2D eigenvalue weighted by atomic mass is 16.6.